The summed E-state index contributed by atoms with van der Waals surface area (Å²) in [5, 5.41) is 3.67. The molecule has 3 heteroatoms. The Bertz CT molecular complexity index is 226. The van der Waals surface area contributed by atoms with Gasteiger partial charge < -0.3 is 10.2 Å². The zero-order valence-electron chi connectivity index (χ0n) is 11.8. The molecule has 2 fully saturated rings. The molecule has 0 radical (unpaired) electrons. The van der Waals surface area contributed by atoms with Crippen molar-refractivity contribution in [1.29, 1.82) is 0 Å². The molecule has 1 N–H and O–H groups in total. The molecule has 3 unspecified atom stereocenters. The van der Waals surface area contributed by atoms with Crippen LogP contribution >= 0.6 is 0 Å². The molecular formula is C14H29N3. The Balaban J connectivity index is 1.77. The molecule has 2 aliphatic heterocycles. The minimum atomic E-state index is 0.713. The first-order valence-electron chi connectivity index (χ1n) is 7.34. The Morgan fingerprint density at radius 1 is 1.29 bits per heavy atom. The van der Waals surface area contributed by atoms with Gasteiger partial charge in [-0.15, -0.1) is 0 Å². The van der Waals surface area contributed by atoms with Crippen LogP contribution in [0.3, 0.4) is 0 Å². The number of rotatable bonds is 3. The van der Waals surface area contributed by atoms with Gasteiger partial charge in [-0.3, -0.25) is 4.90 Å². The highest BCUT2D eigenvalue weighted by atomic mass is 15.3. The van der Waals surface area contributed by atoms with Gasteiger partial charge in [0.2, 0.25) is 0 Å². The molecule has 0 aromatic heterocycles. The molecule has 0 aromatic rings. The zero-order chi connectivity index (χ0) is 12.3. The van der Waals surface area contributed by atoms with E-state index >= 15 is 0 Å². The van der Waals surface area contributed by atoms with E-state index in [0.29, 0.717) is 6.04 Å². The van der Waals surface area contributed by atoms with Crippen molar-refractivity contribution in [3.63, 3.8) is 0 Å². The van der Waals surface area contributed by atoms with Gasteiger partial charge in [-0.1, -0.05) is 6.42 Å². The monoisotopic (exact) mass is 239 g/mol. The molecule has 17 heavy (non-hydrogen) atoms. The van der Waals surface area contributed by atoms with Gasteiger partial charge in [-0.25, -0.2) is 0 Å². The third kappa shape index (κ3) is 3.67. The Hall–Kier alpha value is -0.120. The van der Waals surface area contributed by atoms with Crippen LogP contribution in [0.25, 0.3) is 0 Å². The van der Waals surface area contributed by atoms with Gasteiger partial charge in [0.1, 0.15) is 0 Å². The normalized spacial score (nSPS) is 34.8. The summed E-state index contributed by atoms with van der Waals surface area (Å²) in [7, 11) is 2.25. The predicted molar refractivity (Wildman–Crippen MR) is 73.4 cm³/mol. The average molecular weight is 239 g/mol. The van der Waals surface area contributed by atoms with E-state index in [1.54, 1.807) is 0 Å². The Morgan fingerprint density at radius 3 is 2.76 bits per heavy atom. The minimum absolute atomic E-state index is 0.713. The van der Waals surface area contributed by atoms with Gasteiger partial charge in [-0.2, -0.15) is 0 Å². The van der Waals surface area contributed by atoms with Crippen molar-refractivity contribution < 1.29 is 0 Å². The molecule has 0 aromatic carbocycles. The Kier molecular flexibility index (Phi) is 4.83. The van der Waals surface area contributed by atoms with Gasteiger partial charge in [-0.05, 0) is 46.7 Å². The quantitative estimate of drug-likeness (QED) is 0.806. The number of piperidine rings is 1. The molecule has 0 saturated carbocycles. The van der Waals surface area contributed by atoms with Crippen LogP contribution in [0, 0.1) is 0 Å². The van der Waals surface area contributed by atoms with Crippen LogP contribution in [0.1, 0.15) is 39.5 Å². The van der Waals surface area contributed by atoms with Crippen LogP contribution in [0.4, 0.5) is 0 Å². The van der Waals surface area contributed by atoms with E-state index in [1.807, 2.05) is 0 Å². The lowest BCUT2D eigenvalue weighted by Crippen LogP contribution is -2.53. The largest absolute Gasteiger partial charge is 0.314 e. The van der Waals surface area contributed by atoms with Gasteiger partial charge in [0.15, 0.2) is 0 Å². The molecule has 0 aliphatic carbocycles. The molecule has 3 atom stereocenters. The lowest BCUT2D eigenvalue weighted by atomic mass is 9.97. The van der Waals surface area contributed by atoms with Crippen molar-refractivity contribution in [2.24, 2.45) is 0 Å². The molecule has 2 rings (SSSR count). The maximum atomic E-state index is 3.67. The number of nitrogens with zero attached hydrogens (tertiary/aromatic N) is 2. The first-order valence-corrected chi connectivity index (χ1v) is 7.34. The maximum Gasteiger partial charge on any atom is 0.0192 e. The predicted octanol–water partition coefficient (Wildman–Crippen LogP) is 1.54. The third-order valence-corrected chi connectivity index (χ3v) is 4.65. The van der Waals surface area contributed by atoms with Crippen LogP contribution in [-0.4, -0.2) is 61.2 Å². The van der Waals surface area contributed by atoms with Crippen molar-refractivity contribution >= 4 is 0 Å². The van der Waals surface area contributed by atoms with E-state index in [9.17, 15) is 0 Å². The van der Waals surface area contributed by atoms with Gasteiger partial charge >= 0.3 is 0 Å². The summed E-state index contributed by atoms with van der Waals surface area (Å²) in [6.45, 7) is 9.70. The van der Waals surface area contributed by atoms with Crippen molar-refractivity contribution in [3.8, 4) is 0 Å². The smallest absolute Gasteiger partial charge is 0.0192 e. The van der Waals surface area contributed by atoms with Crippen LogP contribution in [0.5, 0.6) is 0 Å². The summed E-state index contributed by atoms with van der Waals surface area (Å²) in [4.78, 5) is 5.16. The van der Waals surface area contributed by atoms with Crippen molar-refractivity contribution in [2.45, 2.75) is 57.7 Å². The number of nitrogens with one attached hydrogen (secondary N) is 1. The molecular weight excluding hydrogens is 210 g/mol. The molecule has 0 bridgehead atoms. The number of piperazine rings is 1. The first-order chi connectivity index (χ1) is 8.16. The fraction of sp³-hybridized carbons (Fsp3) is 1.00. The second-order valence-corrected chi connectivity index (χ2v) is 6.06. The van der Waals surface area contributed by atoms with Crippen LogP contribution in [0.15, 0.2) is 0 Å². The van der Waals surface area contributed by atoms with E-state index < -0.39 is 0 Å². The van der Waals surface area contributed by atoms with Gasteiger partial charge in [0, 0.05) is 37.8 Å². The van der Waals surface area contributed by atoms with E-state index in [2.05, 4.69) is 36.0 Å². The van der Waals surface area contributed by atoms with Gasteiger partial charge in [0.25, 0.3) is 0 Å². The number of hydrogen-bond acceptors (Lipinski definition) is 3. The molecule has 3 nitrogen and oxygen atoms in total. The summed E-state index contributed by atoms with van der Waals surface area (Å²) < 4.78 is 0. The second-order valence-electron chi connectivity index (χ2n) is 6.06. The SMILES string of the molecule is CC1CN(C(C)CC2CCCCN2)CCN1C. The standard InChI is InChI=1S/C14H29N3/c1-12(10-14-6-4-5-7-15-14)17-9-8-16(3)13(2)11-17/h12-15H,4-11H2,1-3H3. The molecule has 2 aliphatic rings. The molecule has 0 amide bonds. The number of likely N-dealkylation sites (N-methyl/N-ethyl adjacent to an activating group) is 1. The summed E-state index contributed by atoms with van der Waals surface area (Å²) in [5.74, 6) is 0. The van der Waals surface area contributed by atoms with E-state index in [4.69, 9.17) is 0 Å². The fourth-order valence-corrected chi connectivity index (χ4v) is 3.16. The molecule has 0 spiro atoms. The Labute approximate surface area is 107 Å². The van der Waals surface area contributed by atoms with E-state index in [1.165, 1.54) is 51.9 Å². The minimum Gasteiger partial charge on any atom is -0.314 e. The van der Waals surface area contributed by atoms with E-state index in [-0.39, 0.29) is 0 Å². The molecule has 2 heterocycles. The van der Waals surface area contributed by atoms with Crippen molar-refractivity contribution in [2.75, 3.05) is 33.2 Å². The topological polar surface area (TPSA) is 18.5 Å². The maximum absolute atomic E-state index is 3.67. The summed E-state index contributed by atoms with van der Waals surface area (Å²) in [6.07, 6.45) is 5.50. The Morgan fingerprint density at radius 2 is 2.12 bits per heavy atom. The summed E-state index contributed by atoms with van der Waals surface area (Å²) in [6, 6.07) is 2.22. The second kappa shape index (κ2) is 6.17. The summed E-state index contributed by atoms with van der Waals surface area (Å²) >= 11 is 0. The van der Waals surface area contributed by atoms with Crippen molar-refractivity contribution in [3.05, 3.63) is 0 Å². The number of hydrogen-bond donors (Lipinski definition) is 1. The first kappa shape index (κ1) is 13.3. The highest BCUT2D eigenvalue weighted by molar-refractivity contribution is 4.83. The molecule has 100 valence electrons. The average Bonchev–Trinajstić information content (AvgIpc) is 2.34. The lowest BCUT2D eigenvalue weighted by Gasteiger charge is -2.42. The third-order valence-electron chi connectivity index (χ3n) is 4.65. The van der Waals surface area contributed by atoms with Crippen LogP contribution in [-0.2, 0) is 0 Å². The molecule has 2 saturated heterocycles. The summed E-state index contributed by atoms with van der Waals surface area (Å²) in [5.41, 5.74) is 0. The van der Waals surface area contributed by atoms with E-state index in [0.717, 1.165) is 12.1 Å². The van der Waals surface area contributed by atoms with Gasteiger partial charge in [0.05, 0.1) is 0 Å². The van der Waals surface area contributed by atoms with Crippen LogP contribution in [0.2, 0.25) is 0 Å². The fourth-order valence-electron chi connectivity index (χ4n) is 3.16. The highest BCUT2D eigenvalue weighted by Crippen LogP contribution is 2.17. The lowest BCUT2D eigenvalue weighted by molar-refractivity contribution is 0.0696. The highest BCUT2D eigenvalue weighted by Gasteiger charge is 2.26. The van der Waals surface area contributed by atoms with Crippen molar-refractivity contribution in [1.82, 2.24) is 15.1 Å². The zero-order valence-corrected chi connectivity index (χ0v) is 11.8. The van der Waals surface area contributed by atoms with Crippen LogP contribution < -0.4 is 5.32 Å².